The van der Waals surface area contributed by atoms with Crippen LogP contribution in [0.25, 0.3) is 0 Å². The van der Waals surface area contributed by atoms with E-state index in [9.17, 15) is 4.79 Å². The lowest BCUT2D eigenvalue weighted by molar-refractivity contribution is 0.105. The lowest BCUT2D eigenvalue weighted by atomic mass is 10.0. The van der Waals surface area contributed by atoms with Crippen LogP contribution in [0.5, 0.6) is 0 Å². The van der Waals surface area contributed by atoms with Crippen molar-refractivity contribution in [3.63, 3.8) is 0 Å². The monoisotopic (exact) mass is 398 g/mol. The zero-order valence-corrected chi connectivity index (χ0v) is 16.3. The fraction of sp³-hybridized carbons (Fsp3) is 0.353. The zero-order chi connectivity index (χ0) is 17.8. The van der Waals surface area contributed by atoms with Gasteiger partial charge in [0.1, 0.15) is 6.10 Å². The first-order chi connectivity index (χ1) is 12.1. The molecule has 2 aromatic rings. The third-order valence-electron chi connectivity index (χ3n) is 3.84. The fourth-order valence-corrected chi connectivity index (χ4v) is 4.64. The van der Waals surface area contributed by atoms with E-state index in [1.165, 1.54) is 0 Å². The molecule has 1 aromatic heterocycles. The summed E-state index contributed by atoms with van der Waals surface area (Å²) < 4.78 is 15.8. The molecule has 0 bridgehead atoms. The van der Waals surface area contributed by atoms with Gasteiger partial charge in [0.25, 0.3) is 0 Å². The Bertz CT molecular complexity index is 753. The van der Waals surface area contributed by atoms with Crippen LogP contribution in [0, 0.1) is 0 Å². The van der Waals surface area contributed by atoms with Crippen LogP contribution in [-0.2, 0) is 16.0 Å². The summed E-state index contributed by atoms with van der Waals surface area (Å²) in [5.41, 5.74) is 3.03. The molecule has 0 saturated carbocycles. The maximum absolute atomic E-state index is 12.1. The number of thiophene rings is 1. The summed E-state index contributed by atoms with van der Waals surface area (Å²) >= 11 is 9.04. The second-order valence-corrected chi connectivity index (χ2v) is 8.45. The number of rotatable bonds is 7. The van der Waals surface area contributed by atoms with Crippen molar-refractivity contribution in [2.45, 2.75) is 23.8 Å². The molecule has 134 valence electrons. The largest absolute Gasteiger partial charge is 0.441 e. The number of hydrogen-bond donors (Lipinski definition) is 1. The predicted molar refractivity (Wildman–Crippen MR) is 103 cm³/mol. The number of anilines is 1. The summed E-state index contributed by atoms with van der Waals surface area (Å²) in [4.78, 5) is 13.7. The number of halogens is 1. The summed E-state index contributed by atoms with van der Waals surface area (Å²) in [7, 11) is 1.62. The number of benzene rings is 1. The smallest absolute Gasteiger partial charge is 0.414 e. The second kappa shape index (κ2) is 8.42. The SMILES string of the molecule is COCCN1C(=O)OC(C)c2cc(CNSc3ccc(Cl)s3)ccc21. The Balaban J connectivity index is 1.69. The third kappa shape index (κ3) is 4.48. The number of hydrogen-bond acceptors (Lipinski definition) is 6. The molecule has 2 heterocycles. The Morgan fingerprint density at radius 2 is 2.24 bits per heavy atom. The van der Waals surface area contributed by atoms with Gasteiger partial charge in [-0.25, -0.2) is 4.79 Å². The first-order valence-electron chi connectivity index (χ1n) is 7.83. The predicted octanol–water partition coefficient (Wildman–Crippen LogP) is 4.86. The molecule has 1 N–H and O–H groups in total. The number of cyclic esters (lactones) is 1. The number of fused-ring (bicyclic) bond motifs is 1. The lowest BCUT2D eigenvalue weighted by Crippen LogP contribution is -2.39. The number of carbonyl (C=O) groups is 1. The number of ether oxygens (including phenoxy) is 2. The second-order valence-electron chi connectivity index (χ2n) is 5.55. The average Bonchev–Trinajstić information content (AvgIpc) is 3.00. The molecule has 0 radical (unpaired) electrons. The molecule has 0 aliphatic carbocycles. The lowest BCUT2D eigenvalue weighted by Gasteiger charge is -2.32. The van der Waals surface area contributed by atoms with Gasteiger partial charge < -0.3 is 9.47 Å². The molecular weight excluding hydrogens is 380 g/mol. The first-order valence-corrected chi connectivity index (χ1v) is 9.84. The third-order valence-corrected chi connectivity index (χ3v) is 5.99. The minimum absolute atomic E-state index is 0.259. The van der Waals surface area contributed by atoms with E-state index < -0.39 is 0 Å². The van der Waals surface area contributed by atoms with Crippen molar-refractivity contribution in [3.8, 4) is 0 Å². The van der Waals surface area contributed by atoms with E-state index in [1.807, 2.05) is 31.2 Å². The Morgan fingerprint density at radius 3 is 2.96 bits per heavy atom. The first kappa shape index (κ1) is 18.5. The molecular formula is C17H19ClN2O3S2. The quantitative estimate of drug-likeness (QED) is 0.675. The van der Waals surface area contributed by atoms with Crippen molar-refractivity contribution in [2.75, 3.05) is 25.2 Å². The van der Waals surface area contributed by atoms with Crippen LogP contribution in [-0.4, -0.2) is 26.4 Å². The van der Waals surface area contributed by atoms with Crippen LogP contribution in [0.4, 0.5) is 10.5 Å². The molecule has 3 rings (SSSR count). The van der Waals surface area contributed by atoms with Gasteiger partial charge in [-0.3, -0.25) is 9.62 Å². The Kier molecular flexibility index (Phi) is 6.24. The van der Waals surface area contributed by atoms with Gasteiger partial charge in [-0.1, -0.05) is 17.7 Å². The Hall–Kier alpha value is -1.25. The molecule has 1 aromatic carbocycles. The molecule has 0 spiro atoms. The van der Waals surface area contributed by atoms with Crippen LogP contribution in [0.3, 0.4) is 0 Å². The van der Waals surface area contributed by atoms with Crippen LogP contribution >= 0.6 is 34.9 Å². The summed E-state index contributed by atoms with van der Waals surface area (Å²) in [6.45, 7) is 3.53. The van der Waals surface area contributed by atoms with Gasteiger partial charge >= 0.3 is 6.09 Å². The normalized spacial score (nSPS) is 16.7. The maximum Gasteiger partial charge on any atom is 0.414 e. The number of nitrogens with one attached hydrogen (secondary N) is 1. The topological polar surface area (TPSA) is 50.8 Å². The summed E-state index contributed by atoms with van der Waals surface area (Å²) in [6, 6.07) is 9.97. The van der Waals surface area contributed by atoms with E-state index in [-0.39, 0.29) is 12.2 Å². The van der Waals surface area contributed by atoms with Crippen molar-refractivity contribution in [1.29, 1.82) is 0 Å². The summed E-state index contributed by atoms with van der Waals surface area (Å²) in [5, 5.41) is 0. The standard InChI is InChI=1S/C17H19ClN2O3S2/c1-11-13-9-12(10-19-25-16-6-5-15(18)24-16)3-4-14(13)20(7-8-22-2)17(21)23-11/h3-6,9,11,19H,7-8,10H2,1-2H3. The molecule has 0 fully saturated rings. The van der Waals surface area contributed by atoms with Gasteiger partial charge in [0.15, 0.2) is 0 Å². The minimum atomic E-state index is -0.326. The van der Waals surface area contributed by atoms with Crippen molar-refractivity contribution in [1.82, 2.24) is 4.72 Å². The van der Waals surface area contributed by atoms with Crippen molar-refractivity contribution in [2.24, 2.45) is 0 Å². The Labute approximate surface area is 160 Å². The maximum atomic E-state index is 12.1. The molecule has 1 aliphatic rings. The van der Waals surface area contributed by atoms with Crippen molar-refractivity contribution < 1.29 is 14.3 Å². The molecule has 1 aliphatic heterocycles. The zero-order valence-electron chi connectivity index (χ0n) is 14.0. The van der Waals surface area contributed by atoms with E-state index in [4.69, 9.17) is 21.1 Å². The molecule has 1 unspecified atom stereocenters. The van der Waals surface area contributed by atoms with Gasteiger partial charge in [0, 0.05) is 19.2 Å². The summed E-state index contributed by atoms with van der Waals surface area (Å²) in [6.07, 6.45) is -0.585. The van der Waals surface area contributed by atoms with Gasteiger partial charge in [-0.2, -0.15) is 0 Å². The van der Waals surface area contributed by atoms with E-state index in [2.05, 4.69) is 10.8 Å². The molecule has 25 heavy (non-hydrogen) atoms. The van der Waals surface area contributed by atoms with Crippen molar-refractivity contribution >= 4 is 46.7 Å². The van der Waals surface area contributed by atoms with Crippen LogP contribution < -0.4 is 9.62 Å². The molecule has 0 saturated heterocycles. The highest BCUT2D eigenvalue weighted by molar-refractivity contribution is 7.99. The highest BCUT2D eigenvalue weighted by atomic mass is 35.5. The molecule has 5 nitrogen and oxygen atoms in total. The van der Waals surface area contributed by atoms with E-state index in [1.54, 1.807) is 35.3 Å². The number of nitrogens with zero attached hydrogens (tertiary/aromatic N) is 1. The van der Waals surface area contributed by atoms with E-state index >= 15 is 0 Å². The van der Waals surface area contributed by atoms with Gasteiger partial charge in [0.05, 0.1) is 27.4 Å². The van der Waals surface area contributed by atoms with Crippen molar-refractivity contribution in [3.05, 3.63) is 45.8 Å². The molecule has 8 heteroatoms. The molecule has 1 atom stereocenters. The molecule has 1 amide bonds. The van der Waals surface area contributed by atoms with E-state index in [0.29, 0.717) is 19.7 Å². The Morgan fingerprint density at radius 1 is 1.40 bits per heavy atom. The van der Waals surface area contributed by atoms with Gasteiger partial charge in [0.2, 0.25) is 0 Å². The highest BCUT2D eigenvalue weighted by Crippen LogP contribution is 2.35. The van der Waals surface area contributed by atoms with Crippen LogP contribution in [0.1, 0.15) is 24.2 Å². The minimum Gasteiger partial charge on any atom is -0.441 e. The summed E-state index contributed by atoms with van der Waals surface area (Å²) in [5.74, 6) is 0. The highest BCUT2D eigenvalue weighted by Gasteiger charge is 2.30. The average molecular weight is 399 g/mol. The fourth-order valence-electron chi connectivity index (χ4n) is 2.60. The van der Waals surface area contributed by atoms with Crippen LogP contribution in [0.2, 0.25) is 4.34 Å². The van der Waals surface area contributed by atoms with Gasteiger partial charge in [-0.05, 0) is 48.7 Å². The number of amides is 1. The van der Waals surface area contributed by atoms with Gasteiger partial charge in [-0.15, -0.1) is 11.3 Å². The van der Waals surface area contributed by atoms with E-state index in [0.717, 1.165) is 25.4 Å². The van der Waals surface area contributed by atoms with Crippen LogP contribution in [0.15, 0.2) is 34.5 Å². The number of methoxy groups -OCH3 is 1. The number of carbonyl (C=O) groups excluding carboxylic acids is 1.